The summed E-state index contributed by atoms with van der Waals surface area (Å²) in [5.41, 5.74) is 1.12. The summed E-state index contributed by atoms with van der Waals surface area (Å²) < 4.78 is 0. The number of amides is 1. The summed E-state index contributed by atoms with van der Waals surface area (Å²) in [7, 11) is 0. The van der Waals surface area contributed by atoms with E-state index in [2.05, 4.69) is 29.7 Å². The fourth-order valence-electron chi connectivity index (χ4n) is 2.69. The van der Waals surface area contributed by atoms with Crippen LogP contribution < -0.4 is 10.6 Å². The third-order valence-corrected chi connectivity index (χ3v) is 4.99. The van der Waals surface area contributed by atoms with Gasteiger partial charge in [0.25, 0.3) is 0 Å². The number of nitrogens with one attached hydrogen (secondary N) is 2. The summed E-state index contributed by atoms with van der Waals surface area (Å²) >= 11 is 1.78. The minimum atomic E-state index is -0.0702. The van der Waals surface area contributed by atoms with E-state index in [9.17, 15) is 4.79 Å². The molecule has 1 aromatic rings. The maximum absolute atomic E-state index is 12.4. The summed E-state index contributed by atoms with van der Waals surface area (Å²) in [6, 6.07) is 8.24. The first kappa shape index (κ1) is 12.1. The molecule has 2 aliphatic rings. The van der Waals surface area contributed by atoms with Gasteiger partial charge in [0.2, 0.25) is 5.91 Å². The summed E-state index contributed by atoms with van der Waals surface area (Å²) in [5, 5.41) is 6.53. The van der Waals surface area contributed by atoms with E-state index >= 15 is 0 Å². The van der Waals surface area contributed by atoms with Crippen molar-refractivity contribution < 1.29 is 4.79 Å². The molecule has 2 aliphatic heterocycles. The van der Waals surface area contributed by atoms with E-state index in [1.165, 1.54) is 10.5 Å². The van der Waals surface area contributed by atoms with Gasteiger partial charge in [0.15, 0.2) is 0 Å². The molecule has 2 atom stereocenters. The maximum atomic E-state index is 12.4. The van der Waals surface area contributed by atoms with E-state index in [1.54, 1.807) is 11.8 Å². The molecule has 3 nitrogen and oxygen atoms in total. The van der Waals surface area contributed by atoms with Crippen molar-refractivity contribution in [2.75, 3.05) is 18.8 Å². The van der Waals surface area contributed by atoms with E-state index in [0.29, 0.717) is 0 Å². The zero-order valence-corrected chi connectivity index (χ0v) is 11.3. The number of fused-ring (bicyclic) bond motifs is 1. The Morgan fingerprint density at radius 2 is 2.33 bits per heavy atom. The van der Waals surface area contributed by atoms with E-state index in [4.69, 9.17) is 0 Å². The molecule has 0 spiro atoms. The minimum absolute atomic E-state index is 0.0172. The van der Waals surface area contributed by atoms with Crippen molar-refractivity contribution in [1.82, 2.24) is 10.6 Å². The van der Waals surface area contributed by atoms with Crippen LogP contribution in [0.15, 0.2) is 29.2 Å². The Balaban J connectivity index is 1.74. The molecule has 0 aromatic heterocycles. The largest absolute Gasteiger partial charge is 0.349 e. The Bertz CT molecular complexity index is 469. The predicted molar refractivity (Wildman–Crippen MR) is 73.9 cm³/mol. The highest BCUT2D eigenvalue weighted by atomic mass is 32.2. The molecule has 1 fully saturated rings. The van der Waals surface area contributed by atoms with Gasteiger partial charge in [0.1, 0.15) is 0 Å². The highest BCUT2D eigenvalue weighted by molar-refractivity contribution is 7.99. The summed E-state index contributed by atoms with van der Waals surface area (Å²) in [6.45, 7) is 3.99. The molecule has 96 valence electrons. The molecular weight excluding hydrogens is 244 g/mol. The number of hydrogen-bond acceptors (Lipinski definition) is 3. The first-order chi connectivity index (χ1) is 8.68. The normalized spacial score (nSPS) is 30.2. The molecule has 4 heteroatoms. The maximum Gasteiger partial charge on any atom is 0.228 e. The molecule has 0 saturated carbocycles. The van der Waals surface area contributed by atoms with Gasteiger partial charge >= 0.3 is 0 Å². The second kappa shape index (κ2) is 4.59. The Labute approximate surface area is 112 Å². The van der Waals surface area contributed by atoms with Crippen LogP contribution in [0.25, 0.3) is 0 Å². The van der Waals surface area contributed by atoms with Crippen LogP contribution in [0, 0.1) is 0 Å². The molecule has 0 bridgehead atoms. The van der Waals surface area contributed by atoms with E-state index in [0.717, 1.165) is 25.3 Å². The Morgan fingerprint density at radius 3 is 3.11 bits per heavy atom. The zero-order valence-electron chi connectivity index (χ0n) is 10.5. The lowest BCUT2D eigenvalue weighted by atomic mass is 9.96. The van der Waals surface area contributed by atoms with Crippen molar-refractivity contribution >= 4 is 17.7 Å². The molecule has 0 aliphatic carbocycles. The summed E-state index contributed by atoms with van der Waals surface area (Å²) in [5.74, 6) is 1.07. The van der Waals surface area contributed by atoms with Crippen LogP contribution in [0.1, 0.15) is 24.8 Å². The molecule has 2 N–H and O–H groups in total. The Kier molecular flexibility index (Phi) is 3.08. The lowest BCUT2D eigenvalue weighted by Gasteiger charge is -2.26. The molecule has 1 amide bonds. The molecule has 0 radical (unpaired) electrons. The second-order valence-corrected chi connectivity index (χ2v) is 6.44. The SMILES string of the molecule is CC1(NC(=O)C2CSc3ccccc32)CCNC1. The molecule has 3 rings (SSSR count). The number of thioether (sulfide) groups is 1. The number of carbonyl (C=O) groups excluding carboxylic acids is 1. The average molecular weight is 262 g/mol. The third kappa shape index (κ3) is 2.15. The summed E-state index contributed by atoms with van der Waals surface area (Å²) in [4.78, 5) is 13.7. The van der Waals surface area contributed by atoms with Crippen LogP contribution in [-0.4, -0.2) is 30.3 Å². The van der Waals surface area contributed by atoms with Gasteiger partial charge < -0.3 is 10.6 Å². The standard InChI is InChI=1S/C14H18N2OS/c1-14(6-7-15-9-14)16-13(17)11-8-18-12-5-3-2-4-10(11)12/h2-5,11,15H,6-9H2,1H3,(H,16,17). The van der Waals surface area contributed by atoms with Crippen LogP contribution in [0.3, 0.4) is 0 Å². The first-order valence-corrected chi connectivity index (χ1v) is 7.41. The smallest absolute Gasteiger partial charge is 0.228 e. The van der Waals surface area contributed by atoms with Crippen molar-refractivity contribution in [3.05, 3.63) is 29.8 Å². The lowest BCUT2D eigenvalue weighted by Crippen LogP contribution is -2.49. The average Bonchev–Trinajstić information content (AvgIpc) is 2.95. The molecule has 18 heavy (non-hydrogen) atoms. The third-order valence-electron chi connectivity index (χ3n) is 3.81. The number of rotatable bonds is 2. The van der Waals surface area contributed by atoms with Gasteiger partial charge in [0, 0.05) is 17.2 Å². The van der Waals surface area contributed by atoms with Gasteiger partial charge in [-0.2, -0.15) is 0 Å². The Morgan fingerprint density at radius 1 is 1.50 bits per heavy atom. The van der Waals surface area contributed by atoms with Crippen LogP contribution in [0.2, 0.25) is 0 Å². The molecular formula is C14H18N2OS. The van der Waals surface area contributed by atoms with E-state index in [1.807, 2.05) is 12.1 Å². The molecule has 1 aromatic carbocycles. The van der Waals surface area contributed by atoms with Crippen molar-refractivity contribution in [1.29, 1.82) is 0 Å². The quantitative estimate of drug-likeness (QED) is 0.853. The van der Waals surface area contributed by atoms with Crippen LogP contribution in [0.4, 0.5) is 0 Å². The van der Waals surface area contributed by atoms with Gasteiger partial charge in [-0.25, -0.2) is 0 Å². The molecule has 1 saturated heterocycles. The van der Waals surface area contributed by atoms with Crippen molar-refractivity contribution in [2.45, 2.75) is 29.7 Å². The van der Waals surface area contributed by atoms with Crippen LogP contribution in [0.5, 0.6) is 0 Å². The first-order valence-electron chi connectivity index (χ1n) is 6.42. The zero-order chi connectivity index (χ0) is 12.6. The number of hydrogen-bond donors (Lipinski definition) is 2. The fourth-order valence-corrected chi connectivity index (χ4v) is 3.92. The van der Waals surface area contributed by atoms with Crippen molar-refractivity contribution in [3.8, 4) is 0 Å². The van der Waals surface area contributed by atoms with Gasteiger partial charge in [0.05, 0.1) is 11.5 Å². The van der Waals surface area contributed by atoms with Gasteiger partial charge in [-0.05, 0) is 31.5 Å². The van der Waals surface area contributed by atoms with E-state index in [-0.39, 0.29) is 17.4 Å². The van der Waals surface area contributed by atoms with E-state index < -0.39 is 0 Å². The topological polar surface area (TPSA) is 41.1 Å². The monoisotopic (exact) mass is 262 g/mol. The van der Waals surface area contributed by atoms with Gasteiger partial charge in [-0.1, -0.05) is 18.2 Å². The van der Waals surface area contributed by atoms with Gasteiger partial charge in [-0.15, -0.1) is 11.8 Å². The second-order valence-electron chi connectivity index (χ2n) is 5.38. The van der Waals surface area contributed by atoms with Crippen LogP contribution >= 0.6 is 11.8 Å². The number of benzene rings is 1. The highest BCUT2D eigenvalue weighted by Crippen LogP contribution is 2.39. The van der Waals surface area contributed by atoms with Crippen molar-refractivity contribution in [2.24, 2.45) is 0 Å². The molecule has 2 unspecified atom stereocenters. The van der Waals surface area contributed by atoms with Crippen molar-refractivity contribution in [3.63, 3.8) is 0 Å². The highest BCUT2D eigenvalue weighted by Gasteiger charge is 2.35. The summed E-state index contributed by atoms with van der Waals surface area (Å²) in [6.07, 6.45) is 1.01. The molecule has 2 heterocycles. The fraction of sp³-hybridized carbons (Fsp3) is 0.500. The minimum Gasteiger partial charge on any atom is -0.349 e. The Hall–Kier alpha value is -1.00. The predicted octanol–water partition coefficient (Wildman–Crippen LogP) is 1.74. The lowest BCUT2D eigenvalue weighted by molar-refractivity contribution is -0.123. The van der Waals surface area contributed by atoms with Crippen LogP contribution in [-0.2, 0) is 4.79 Å². The number of carbonyl (C=O) groups is 1. The van der Waals surface area contributed by atoms with Gasteiger partial charge in [-0.3, -0.25) is 4.79 Å².